The molecular weight excluding hydrogens is 324 g/mol. The van der Waals surface area contributed by atoms with Gasteiger partial charge in [-0.15, -0.1) is 0 Å². The summed E-state index contributed by atoms with van der Waals surface area (Å²) in [5.74, 6) is 0.514. The highest BCUT2D eigenvalue weighted by Gasteiger charge is 2.26. The Hall–Kier alpha value is -2.73. The van der Waals surface area contributed by atoms with Gasteiger partial charge < -0.3 is 24.4 Å². The Bertz CT molecular complexity index is 771. The highest BCUT2D eigenvalue weighted by atomic mass is 16.7. The SMILES string of the molecule is CCCc1cc(CO)ccc1OC(C(=O)O)c1ccc2c(c1)OCO2. The van der Waals surface area contributed by atoms with Gasteiger partial charge in [0.1, 0.15) is 5.75 Å². The molecule has 0 saturated heterocycles. The summed E-state index contributed by atoms with van der Waals surface area (Å²) in [5.41, 5.74) is 2.12. The van der Waals surface area contributed by atoms with Crippen molar-refractivity contribution < 1.29 is 29.2 Å². The molecule has 0 saturated carbocycles. The number of aliphatic hydroxyl groups excluding tert-OH is 1. The summed E-state index contributed by atoms with van der Waals surface area (Å²) in [4.78, 5) is 11.8. The Kier molecular flexibility index (Phi) is 5.09. The van der Waals surface area contributed by atoms with Crippen molar-refractivity contribution in [1.82, 2.24) is 0 Å². The number of ether oxygens (including phenoxy) is 3. The van der Waals surface area contributed by atoms with E-state index in [9.17, 15) is 15.0 Å². The number of carbonyl (C=O) groups is 1. The van der Waals surface area contributed by atoms with Crippen LogP contribution in [0.1, 0.15) is 36.1 Å². The minimum absolute atomic E-state index is 0.0679. The van der Waals surface area contributed by atoms with Crippen molar-refractivity contribution in [2.24, 2.45) is 0 Å². The Morgan fingerprint density at radius 2 is 2.00 bits per heavy atom. The average molecular weight is 344 g/mol. The molecule has 1 unspecified atom stereocenters. The summed E-state index contributed by atoms with van der Waals surface area (Å²) in [6.45, 7) is 2.09. The van der Waals surface area contributed by atoms with Gasteiger partial charge in [0.2, 0.25) is 12.9 Å². The molecule has 3 rings (SSSR count). The van der Waals surface area contributed by atoms with Gasteiger partial charge in [-0.25, -0.2) is 4.79 Å². The van der Waals surface area contributed by atoms with Crippen LogP contribution in [-0.4, -0.2) is 23.0 Å². The van der Waals surface area contributed by atoms with Crippen molar-refractivity contribution in [3.8, 4) is 17.2 Å². The summed E-state index contributed by atoms with van der Waals surface area (Å²) in [5, 5.41) is 18.9. The summed E-state index contributed by atoms with van der Waals surface area (Å²) < 4.78 is 16.4. The first-order chi connectivity index (χ1) is 12.1. The molecule has 1 aliphatic heterocycles. The van der Waals surface area contributed by atoms with E-state index in [0.717, 1.165) is 24.0 Å². The Morgan fingerprint density at radius 1 is 1.20 bits per heavy atom. The smallest absolute Gasteiger partial charge is 0.349 e. The lowest BCUT2D eigenvalue weighted by molar-refractivity contribution is -0.145. The zero-order chi connectivity index (χ0) is 17.8. The molecule has 0 bridgehead atoms. The van der Waals surface area contributed by atoms with Crippen LogP contribution in [0.2, 0.25) is 0 Å². The van der Waals surface area contributed by atoms with Gasteiger partial charge in [-0.3, -0.25) is 0 Å². The third-order valence-corrected chi connectivity index (χ3v) is 4.00. The monoisotopic (exact) mass is 344 g/mol. The number of hydrogen-bond acceptors (Lipinski definition) is 5. The molecule has 1 atom stereocenters. The van der Waals surface area contributed by atoms with Crippen LogP contribution in [0.4, 0.5) is 0 Å². The van der Waals surface area contributed by atoms with E-state index >= 15 is 0 Å². The van der Waals surface area contributed by atoms with Crippen molar-refractivity contribution in [2.75, 3.05) is 6.79 Å². The lowest BCUT2D eigenvalue weighted by Crippen LogP contribution is -2.19. The minimum atomic E-state index is -1.16. The number of carboxylic acids is 1. The van der Waals surface area contributed by atoms with Crippen LogP contribution in [0, 0.1) is 0 Å². The van der Waals surface area contributed by atoms with Crippen molar-refractivity contribution in [3.05, 3.63) is 53.1 Å². The van der Waals surface area contributed by atoms with Gasteiger partial charge in [0, 0.05) is 5.56 Å². The maximum atomic E-state index is 11.8. The van der Waals surface area contributed by atoms with E-state index in [4.69, 9.17) is 14.2 Å². The van der Waals surface area contributed by atoms with Gasteiger partial charge in [-0.1, -0.05) is 25.5 Å². The molecule has 25 heavy (non-hydrogen) atoms. The summed E-state index contributed by atoms with van der Waals surface area (Å²) in [6, 6.07) is 10.2. The Morgan fingerprint density at radius 3 is 2.72 bits per heavy atom. The van der Waals surface area contributed by atoms with Crippen molar-refractivity contribution in [3.63, 3.8) is 0 Å². The largest absolute Gasteiger partial charge is 0.478 e. The first kappa shape index (κ1) is 17.1. The molecule has 6 heteroatoms. The lowest BCUT2D eigenvalue weighted by Gasteiger charge is -2.19. The lowest BCUT2D eigenvalue weighted by atomic mass is 10.0. The van der Waals surface area contributed by atoms with Crippen molar-refractivity contribution >= 4 is 5.97 Å². The predicted molar refractivity (Wildman–Crippen MR) is 89.9 cm³/mol. The van der Waals surface area contributed by atoms with Crippen LogP contribution < -0.4 is 14.2 Å². The molecule has 1 aliphatic rings. The molecule has 0 radical (unpaired) electrons. The van der Waals surface area contributed by atoms with Crippen LogP contribution in [0.5, 0.6) is 17.2 Å². The Labute approximate surface area is 145 Å². The van der Waals surface area contributed by atoms with E-state index in [-0.39, 0.29) is 13.4 Å². The second-order valence-electron chi connectivity index (χ2n) is 5.80. The number of aryl methyl sites for hydroxylation is 1. The van der Waals surface area contributed by atoms with E-state index in [1.807, 2.05) is 13.0 Å². The number of rotatable bonds is 7. The first-order valence-electron chi connectivity index (χ1n) is 8.14. The molecule has 6 nitrogen and oxygen atoms in total. The van der Waals surface area contributed by atoms with Crippen LogP contribution in [0.15, 0.2) is 36.4 Å². The van der Waals surface area contributed by atoms with Crippen LogP contribution in [0.25, 0.3) is 0 Å². The van der Waals surface area contributed by atoms with Crippen LogP contribution in [-0.2, 0) is 17.8 Å². The number of benzene rings is 2. The fourth-order valence-electron chi connectivity index (χ4n) is 2.78. The minimum Gasteiger partial charge on any atom is -0.478 e. The zero-order valence-corrected chi connectivity index (χ0v) is 13.9. The summed E-state index contributed by atoms with van der Waals surface area (Å²) >= 11 is 0. The van der Waals surface area contributed by atoms with Gasteiger partial charge >= 0.3 is 5.97 Å². The molecule has 0 aromatic heterocycles. The van der Waals surface area contributed by atoms with Gasteiger partial charge in [-0.2, -0.15) is 0 Å². The third kappa shape index (κ3) is 3.69. The molecule has 132 valence electrons. The Balaban J connectivity index is 1.91. The molecule has 2 aromatic carbocycles. The number of hydrogen-bond donors (Lipinski definition) is 2. The molecule has 0 amide bonds. The molecule has 2 N–H and O–H groups in total. The van der Waals surface area contributed by atoms with Crippen LogP contribution >= 0.6 is 0 Å². The number of fused-ring (bicyclic) bond motifs is 1. The normalized spacial score (nSPS) is 13.5. The van der Waals surface area contributed by atoms with Gasteiger partial charge in [0.05, 0.1) is 6.61 Å². The van der Waals surface area contributed by atoms with E-state index in [2.05, 4.69) is 0 Å². The maximum absolute atomic E-state index is 11.8. The second-order valence-corrected chi connectivity index (χ2v) is 5.80. The highest BCUT2D eigenvalue weighted by molar-refractivity contribution is 5.75. The zero-order valence-electron chi connectivity index (χ0n) is 13.9. The molecule has 0 fully saturated rings. The second kappa shape index (κ2) is 7.44. The molecule has 0 spiro atoms. The fourth-order valence-corrected chi connectivity index (χ4v) is 2.78. The molecular formula is C19H20O6. The van der Waals surface area contributed by atoms with Crippen LogP contribution in [0.3, 0.4) is 0 Å². The number of aliphatic hydroxyl groups is 1. The molecule has 0 aliphatic carbocycles. The van der Waals surface area contributed by atoms with E-state index < -0.39 is 12.1 Å². The third-order valence-electron chi connectivity index (χ3n) is 4.00. The summed E-state index contributed by atoms with van der Waals surface area (Å²) in [7, 11) is 0. The van der Waals surface area contributed by atoms with E-state index in [1.165, 1.54) is 0 Å². The number of aliphatic carboxylic acids is 1. The standard InChI is InChI=1S/C19H20O6/c1-2-3-13-8-12(10-20)4-6-15(13)25-18(19(21)22)14-5-7-16-17(9-14)24-11-23-16/h4-9,18,20H,2-3,10-11H2,1H3,(H,21,22). The quantitative estimate of drug-likeness (QED) is 0.803. The van der Waals surface area contributed by atoms with Crippen molar-refractivity contribution in [2.45, 2.75) is 32.5 Å². The highest BCUT2D eigenvalue weighted by Crippen LogP contribution is 2.36. The molecule has 1 heterocycles. The fraction of sp³-hybridized carbons (Fsp3) is 0.316. The van der Waals surface area contributed by atoms with Gasteiger partial charge in [0.15, 0.2) is 11.5 Å². The molecule has 2 aromatic rings. The van der Waals surface area contributed by atoms with Gasteiger partial charge in [0.25, 0.3) is 0 Å². The first-order valence-corrected chi connectivity index (χ1v) is 8.14. The maximum Gasteiger partial charge on any atom is 0.349 e. The average Bonchev–Trinajstić information content (AvgIpc) is 3.08. The summed E-state index contributed by atoms with van der Waals surface area (Å²) in [6.07, 6.45) is 0.453. The van der Waals surface area contributed by atoms with E-state index in [0.29, 0.717) is 22.8 Å². The van der Waals surface area contributed by atoms with Gasteiger partial charge in [-0.05, 0) is 41.8 Å². The van der Waals surface area contributed by atoms with Crippen molar-refractivity contribution in [1.29, 1.82) is 0 Å². The predicted octanol–water partition coefficient (Wildman–Crippen LogP) is 3.06. The number of carboxylic acid groups (broad SMARTS) is 1. The topological polar surface area (TPSA) is 85.2 Å². The van der Waals surface area contributed by atoms with E-state index in [1.54, 1.807) is 30.3 Å².